The smallest absolute Gasteiger partial charge is 0.311 e. The van der Waals surface area contributed by atoms with E-state index in [1.54, 1.807) is 4.90 Å². The number of nitrogens with one attached hydrogen (secondary N) is 1. The maximum absolute atomic E-state index is 12.5. The molecule has 0 radical (unpaired) electrons. The van der Waals surface area contributed by atoms with Crippen molar-refractivity contribution in [1.29, 1.82) is 0 Å². The van der Waals surface area contributed by atoms with E-state index in [4.69, 9.17) is 4.74 Å². The minimum absolute atomic E-state index is 0.0919. The summed E-state index contributed by atoms with van der Waals surface area (Å²) in [6, 6.07) is 13.7. The molecule has 1 aliphatic heterocycles. The van der Waals surface area contributed by atoms with Crippen molar-refractivity contribution < 1.29 is 19.1 Å². The molecule has 1 N–H and O–H groups in total. The summed E-state index contributed by atoms with van der Waals surface area (Å²) in [5, 5.41) is 2.89. The van der Waals surface area contributed by atoms with Crippen LogP contribution in [0.15, 0.2) is 42.5 Å². The molecular weight excluding hydrogens is 392 g/mol. The molecule has 0 saturated carbocycles. The highest BCUT2D eigenvalue weighted by molar-refractivity contribution is 6.00. The molecule has 2 amide bonds. The van der Waals surface area contributed by atoms with Gasteiger partial charge in [-0.15, -0.1) is 0 Å². The van der Waals surface area contributed by atoms with Gasteiger partial charge in [0.15, 0.2) is 6.61 Å². The molecule has 164 valence electrons. The van der Waals surface area contributed by atoms with Gasteiger partial charge in [0, 0.05) is 24.3 Å². The standard InChI is InChI=1S/C25H30N2O4/c1-4-17-10-12-21(13-11-17)27-15-20(14-23(27)29)25(30)31-16-22(28)26-24-18(5-2)8-7-9-19(24)6-3/h7-13,20H,4-6,14-16H2,1-3H3,(H,26,28)/t20-/m0/s1. The number of benzene rings is 2. The van der Waals surface area contributed by atoms with Crippen molar-refractivity contribution in [3.8, 4) is 0 Å². The van der Waals surface area contributed by atoms with Gasteiger partial charge < -0.3 is 15.0 Å². The molecule has 0 unspecified atom stereocenters. The van der Waals surface area contributed by atoms with Crippen LogP contribution in [0.2, 0.25) is 0 Å². The van der Waals surface area contributed by atoms with Gasteiger partial charge in [-0.25, -0.2) is 0 Å². The van der Waals surface area contributed by atoms with Crippen LogP contribution in [-0.2, 0) is 38.4 Å². The summed E-state index contributed by atoms with van der Waals surface area (Å²) in [5.41, 5.74) is 4.85. The van der Waals surface area contributed by atoms with Gasteiger partial charge in [-0.1, -0.05) is 51.1 Å². The average Bonchev–Trinajstić information content (AvgIpc) is 3.19. The molecular formula is C25H30N2O4. The fourth-order valence-electron chi connectivity index (χ4n) is 3.86. The number of carbonyl (C=O) groups is 3. The Kier molecular flexibility index (Phi) is 7.45. The Morgan fingerprint density at radius 1 is 1.00 bits per heavy atom. The lowest BCUT2D eigenvalue weighted by Crippen LogP contribution is -2.28. The van der Waals surface area contributed by atoms with E-state index in [2.05, 4.69) is 12.2 Å². The molecule has 0 spiro atoms. The van der Waals surface area contributed by atoms with E-state index in [0.29, 0.717) is 0 Å². The van der Waals surface area contributed by atoms with Crippen LogP contribution in [0.3, 0.4) is 0 Å². The molecule has 0 aliphatic carbocycles. The predicted octanol–water partition coefficient (Wildman–Crippen LogP) is 3.91. The van der Waals surface area contributed by atoms with Gasteiger partial charge in [0.25, 0.3) is 5.91 Å². The zero-order valence-electron chi connectivity index (χ0n) is 18.4. The summed E-state index contributed by atoms with van der Waals surface area (Å²) in [4.78, 5) is 38.9. The van der Waals surface area contributed by atoms with Crippen LogP contribution in [0.5, 0.6) is 0 Å². The SMILES string of the molecule is CCc1ccc(N2C[C@@H](C(=O)OCC(=O)Nc3c(CC)cccc3CC)CC2=O)cc1. The molecule has 1 heterocycles. The Morgan fingerprint density at radius 2 is 1.65 bits per heavy atom. The van der Waals surface area contributed by atoms with Crippen LogP contribution in [0.4, 0.5) is 11.4 Å². The molecule has 6 heteroatoms. The molecule has 0 bridgehead atoms. The Morgan fingerprint density at radius 3 is 2.23 bits per heavy atom. The number of anilines is 2. The molecule has 1 aliphatic rings. The van der Waals surface area contributed by atoms with Crippen LogP contribution < -0.4 is 10.2 Å². The quantitative estimate of drug-likeness (QED) is 0.655. The van der Waals surface area contributed by atoms with Crippen LogP contribution in [0.1, 0.15) is 43.9 Å². The van der Waals surface area contributed by atoms with E-state index in [1.165, 1.54) is 5.56 Å². The molecule has 0 aromatic heterocycles. The lowest BCUT2D eigenvalue weighted by molar-refractivity contribution is -0.151. The van der Waals surface area contributed by atoms with Gasteiger partial charge in [0.2, 0.25) is 5.91 Å². The molecule has 3 rings (SSSR count). The van der Waals surface area contributed by atoms with Gasteiger partial charge in [0.1, 0.15) is 0 Å². The lowest BCUT2D eigenvalue weighted by Gasteiger charge is -2.17. The highest BCUT2D eigenvalue weighted by Crippen LogP contribution is 2.26. The number of rotatable bonds is 8. The monoisotopic (exact) mass is 422 g/mol. The zero-order valence-corrected chi connectivity index (χ0v) is 18.4. The van der Waals surface area contributed by atoms with Crippen LogP contribution in [0.25, 0.3) is 0 Å². The largest absolute Gasteiger partial charge is 0.455 e. The number of para-hydroxylation sites is 1. The number of nitrogens with zero attached hydrogens (tertiary/aromatic N) is 1. The van der Waals surface area contributed by atoms with E-state index in [0.717, 1.165) is 41.8 Å². The highest BCUT2D eigenvalue weighted by atomic mass is 16.5. The van der Waals surface area contributed by atoms with E-state index in [1.807, 2.05) is 56.3 Å². The van der Waals surface area contributed by atoms with Crippen molar-refractivity contribution in [3.63, 3.8) is 0 Å². The number of amides is 2. The predicted molar refractivity (Wildman–Crippen MR) is 121 cm³/mol. The topological polar surface area (TPSA) is 75.7 Å². The number of hydrogen-bond donors (Lipinski definition) is 1. The van der Waals surface area contributed by atoms with Crippen LogP contribution >= 0.6 is 0 Å². The van der Waals surface area contributed by atoms with Crippen LogP contribution in [-0.4, -0.2) is 30.9 Å². The fourth-order valence-corrected chi connectivity index (χ4v) is 3.86. The molecule has 1 fully saturated rings. The van der Waals surface area contributed by atoms with Gasteiger partial charge in [0.05, 0.1) is 5.92 Å². The van der Waals surface area contributed by atoms with Gasteiger partial charge >= 0.3 is 5.97 Å². The number of hydrogen-bond acceptors (Lipinski definition) is 4. The lowest BCUT2D eigenvalue weighted by atomic mass is 10.0. The van der Waals surface area contributed by atoms with Crippen molar-refractivity contribution in [2.24, 2.45) is 5.92 Å². The van der Waals surface area contributed by atoms with Gasteiger partial charge in [-0.3, -0.25) is 14.4 Å². The number of esters is 1. The average molecular weight is 423 g/mol. The minimum Gasteiger partial charge on any atom is -0.455 e. The zero-order chi connectivity index (χ0) is 22.4. The first kappa shape index (κ1) is 22.5. The molecule has 2 aromatic rings. The fraction of sp³-hybridized carbons (Fsp3) is 0.400. The van der Waals surface area contributed by atoms with Crippen molar-refractivity contribution in [2.45, 2.75) is 46.5 Å². The molecule has 2 aromatic carbocycles. The third-order valence-electron chi connectivity index (χ3n) is 5.72. The third-order valence-corrected chi connectivity index (χ3v) is 5.72. The van der Waals surface area contributed by atoms with E-state index in [9.17, 15) is 14.4 Å². The number of carbonyl (C=O) groups excluding carboxylic acids is 3. The first-order chi connectivity index (χ1) is 15.0. The Balaban J connectivity index is 1.56. The summed E-state index contributed by atoms with van der Waals surface area (Å²) in [6.07, 6.45) is 2.60. The Bertz CT molecular complexity index is 930. The maximum Gasteiger partial charge on any atom is 0.311 e. The summed E-state index contributed by atoms with van der Waals surface area (Å²) in [5.74, 6) is -1.57. The van der Waals surface area contributed by atoms with E-state index in [-0.39, 0.29) is 31.4 Å². The highest BCUT2D eigenvalue weighted by Gasteiger charge is 2.36. The first-order valence-corrected chi connectivity index (χ1v) is 10.9. The van der Waals surface area contributed by atoms with Crippen molar-refractivity contribution in [2.75, 3.05) is 23.4 Å². The van der Waals surface area contributed by atoms with Gasteiger partial charge in [-0.2, -0.15) is 0 Å². The molecule has 6 nitrogen and oxygen atoms in total. The van der Waals surface area contributed by atoms with E-state index < -0.39 is 11.9 Å². The van der Waals surface area contributed by atoms with Crippen molar-refractivity contribution in [1.82, 2.24) is 0 Å². The normalized spacial score (nSPS) is 15.8. The van der Waals surface area contributed by atoms with Gasteiger partial charge in [-0.05, 0) is 48.1 Å². The third kappa shape index (κ3) is 5.32. The summed E-state index contributed by atoms with van der Waals surface area (Å²) in [7, 11) is 0. The number of aryl methyl sites for hydroxylation is 3. The Labute approximate surface area is 183 Å². The van der Waals surface area contributed by atoms with Crippen LogP contribution in [0, 0.1) is 5.92 Å². The summed E-state index contributed by atoms with van der Waals surface area (Å²) < 4.78 is 5.25. The Hall–Kier alpha value is -3.15. The molecule has 1 saturated heterocycles. The molecule has 31 heavy (non-hydrogen) atoms. The second-order valence-electron chi connectivity index (χ2n) is 7.74. The van der Waals surface area contributed by atoms with E-state index >= 15 is 0 Å². The van der Waals surface area contributed by atoms with Crippen molar-refractivity contribution >= 4 is 29.2 Å². The summed E-state index contributed by atoms with van der Waals surface area (Å²) in [6.45, 7) is 6.04. The number of ether oxygens (including phenoxy) is 1. The first-order valence-electron chi connectivity index (χ1n) is 10.9. The second kappa shape index (κ2) is 10.2. The minimum atomic E-state index is -0.569. The van der Waals surface area contributed by atoms with Crippen molar-refractivity contribution in [3.05, 3.63) is 59.2 Å². The summed E-state index contributed by atoms with van der Waals surface area (Å²) >= 11 is 0. The second-order valence-corrected chi connectivity index (χ2v) is 7.74. The molecule has 1 atom stereocenters. The maximum atomic E-state index is 12.5.